The maximum Gasteiger partial charge on any atom is 2.00 e. The second-order valence-corrected chi connectivity index (χ2v) is 14.1. The summed E-state index contributed by atoms with van der Waals surface area (Å²) in [7, 11) is -5.92. The number of alkyl halides is 6. The first-order valence-electron chi connectivity index (χ1n) is 15.1. The van der Waals surface area contributed by atoms with E-state index in [4.69, 9.17) is 36.1 Å². The van der Waals surface area contributed by atoms with Crippen LogP contribution in [-0.2, 0) is 43.3 Å². The molecule has 0 aliphatic carbocycles. The van der Waals surface area contributed by atoms with Gasteiger partial charge in [0, 0.05) is 55.9 Å². The third-order valence-corrected chi connectivity index (χ3v) is 11.2. The molecule has 0 atom stereocenters. The summed E-state index contributed by atoms with van der Waals surface area (Å²) in [6.45, 7) is 17.9. The summed E-state index contributed by atoms with van der Waals surface area (Å²) in [4.78, 5) is 0. The Labute approximate surface area is 371 Å². The first kappa shape index (κ1) is 71.3. The smallest absolute Gasteiger partial charge is 1.00 e. The quantitative estimate of drug-likeness (QED) is 0.165. The normalized spacial score (nSPS) is 10.5. The Morgan fingerprint density at radius 3 is 0.962 bits per heavy atom. The van der Waals surface area contributed by atoms with E-state index in [1.807, 2.05) is 27.7 Å². The van der Waals surface area contributed by atoms with Gasteiger partial charge >= 0.3 is 76.3 Å². The van der Waals surface area contributed by atoms with Gasteiger partial charge in [-0.3, -0.25) is 0 Å². The Morgan fingerprint density at radius 2 is 0.755 bits per heavy atom. The zero-order chi connectivity index (χ0) is 36.6. The van der Waals surface area contributed by atoms with E-state index in [0.717, 1.165) is 24.3 Å². The molecule has 0 bridgehead atoms. The second kappa shape index (κ2) is 39.5. The molecule has 0 N–H and O–H groups in total. The number of hydrogen-bond acceptors (Lipinski definition) is 8. The number of hydrogen-bond donors (Lipinski definition) is 0. The van der Waals surface area contributed by atoms with Crippen LogP contribution in [0.4, 0.5) is 26.3 Å². The van der Waals surface area contributed by atoms with E-state index in [9.17, 15) is 26.3 Å². The van der Waals surface area contributed by atoms with E-state index in [1.165, 1.54) is 24.3 Å². The van der Waals surface area contributed by atoms with E-state index >= 15 is 0 Å². The Bertz CT molecular complexity index is 1020. The maximum absolute atomic E-state index is 12.6. The summed E-state index contributed by atoms with van der Waals surface area (Å²) < 4.78 is 113. The van der Waals surface area contributed by atoms with Gasteiger partial charge in [0.15, 0.2) is 0 Å². The average Bonchev–Trinajstić information content (AvgIpc) is 2.99. The van der Waals surface area contributed by atoms with Gasteiger partial charge in [-0.15, -0.1) is 6.61 Å². The fraction of sp³-hybridized carbons (Fsp3) is 0.636. The fourth-order valence-corrected chi connectivity index (χ4v) is 8.05. The summed E-state index contributed by atoms with van der Waals surface area (Å²) in [5, 5.41) is 9.47. The van der Waals surface area contributed by atoms with Crippen molar-refractivity contribution in [3.63, 3.8) is 0 Å². The van der Waals surface area contributed by atoms with Gasteiger partial charge in [0.05, 0.1) is 11.1 Å². The predicted molar refractivity (Wildman–Crippen MR) is 208 cm³/mol. The first-order valence-corrected chi connectivity index (χ1v) is 19.3. The molecule has 310 valence electrons. The van der Waals surface area contributed by atoms with Crippen LogP contribution in [0.3, 0.4) is 0 Å². The molecular formula is C33H62Br2F6Mg2O8Si2. The SMILES string of the molecule is C.C.C.CCO[Si](OCC)(OCC)OCC.CCO[Si](OCC)(OCC)c1ccc(C(F)(F)F)cc1.CC[O-].FC(F)(F)c1ccc(Br)cc1.[Br-].[H-].[H-].[Mg+2].[Mg+2]. The molecule has 0 aromatic heterocycles. The Hall–Kier alpha value is 0.626. The molecule has 0 fully saturated rings. The van der Waals surface area contributed by atoms with Crippen LogP contribution in [0.5, 0.6) is 0 Å². The van der Waals surface area contributed by atoms with E-state index in [-0.39, 0.29) is 94.8 Å². The van der Waals surface area contributed by atoms with Crippen molar-refractivity contribution in [2.24, 2.45) is 0 Å². The van der Waals surface area contributed by atoms with Crippen molar-refractivity contribution in [3.8, 4) is 0 Å². The third-order valence-electron chi connectivity index (χ3n) is 5.02. The largest absolute Gasteiger partial charge is 2.00 e. The Morgan fingerprint density at radius 1 is 0.528 bits per heavy atom. The van der Waals surface area contributed by atoms with Crippen LogP contribution < -0.4 is 27.3 Å². The number of halogens is 8. The molecule has 0 aliphatic rings. The second-order valence-electron chi connectivity index (χ2n) is 8.46. The average molecular weight is 965 g/mol. The maximum atomic E-state index is 12.6. The minimum atomic E-state index is -4.36. The van der Waals surface area contributed by atoms with Gasteiger partial charge in [0.1, 0.15) is 0 Å². The predicted octanol–water partition coefficient (Wildman–Crippen LogP) is 5.74. The van der Waals surface area contributed by atoms with Crippen molar-refractivity contribution in [1.82, 2.24) is 0 Å². The summed E-state index contributed by atoms with van der Waals surface area (Å²) in [6.07, 6.45) is -8.59. The van der Waals surface area contributed by atoms with Crippen molar-refractivity contribution in [3.05, 3.63) is 64.1 Å². The number of rotatable bonds is 15. The molecule has 0 spiro atoms. The van der Waals surface area contributed by atoms with Crippen LogP contribution in [-0.4, -0.2) is 117 Å². The molecule has 20 heteroatoms. The molecule has 8 nitrogen and oxygen atoms in total. The van der Waals surface area contributed by atoms with Crippen LogP contribution in [0.25, 0.3) is 0 Å². The molecule has 2 rings (SSSR count). The molecular weight excluding hydrogens is 903 g/mol. The molecule has 0 saturated heterocycles. The summed E-state index contributed by atoms with van der Waals surface area (Å²) in [6, 6.07) is 9.58. The zero-order valence-electron chi connectivity index (χ0n) is 32.0. The van der Waals surface area contributed by atoms with E-state index < -0.39 is 41.3 Å². The van der Waals surface area contributed by atoms with Crippen molar-refractivity contribution in [2.45, 2.75) is 90.0 Å². The van der Waals surface area contributed by atoms with Gasteiger partial charge in [-0.1, -0.05) is 57.3 Å². The van der Waals surface area contributed by atoms with Gasteiger partial charge < -0.3 is 55.9 Å². The van der Waals surface area contributed by atoms with Crippen LogP contribution in [0.1, 0.15) is 91.7 Å². The standard InChI is InChI=1S/C13H19F3O3Si.C8H20O4Si.C7H4BrF3.C2H5O.3CH4.BrH.2Mg.2H/c1-4-17-20(18-5-2,19-6-3)12-9-7-11(8-10-12)13(14,15)16;1-5-9-13(10-6-2,11-7-3)12-8-4;8-6-3-1-5(2-4-6)7(9,10)11;1-2-3;;;;;;;;/h7-10H,4-6H2,1-3H3;5-8H2,1-4H3;1-4H;2H2,1H3;3*1H4;1H;;;;/q;;;-1;;;;;2*+2;2*-1/p-1. The molecule has 2 aromatic carbocycles. The van der Waals surface area contributed by atoms with Gasteiger partial charge in [0.25, 0.3) is 0 Å². The van der Waals surface area contributed by atoms with E-state index in [2.05, 4.69) is 15.9 Å². The molecule has 0 radical (unpaired) electrons. The Kier molecular flexibility index (Phi) is 53.1. The molecule has 2 aromatic rings. The molecule has 0 unspecified atom stereocenters. The van der Waals surface area contributed by atoms with Crippen molar-refractivity contribution in [1.29, 1.82) is 0 Å². The van der Waals surface area contributed by atoms with Gasteiger partial charge in [-0.25, -0.2) is 0 Å². The van der Waals surface area contributed by atoms with E-state index in [1.54, 1.807) is 27.7 Å². The first-order chi connectivity index (χ1) is 22.0. The van der Waals surface area contributed by atoms with Crippen molar-refractivity contribution >= 4 is 85.1 Å². The minimum Gasteiger partial charge on any atom is -1.00 e. The summed E-state index contributed by atoms with van der Waals surface area (Å²) >= 11 is 3.04. The zero-order valence-corrected chi connectivity index (χ0v) is 38.0. The van der Waals surface area contributed by atoms with Crippen LogP contribution >= 0.6 is 15.9 Å². The molecule has 0 amide bonds. The van der Waals surface area contributed by atoms with Crippen LogP contribution in [0.15, 0.2) is 53.0 Å². The third kappa shape index (κ3) is 30.4. The van der Waals surface area contributed by atoms with E-state index in [0.29, 0.717) is 55.9 Å². The van der Waals surface area contributed by atoms with Gasteiger partial charge in [-0.05, 0) is 84.9 Å². The number of benzene rings is 2. The van der Waals surface area contributed by atoms with Crippen LogP contribution in [0, 0.1) is 0 Å². The van der Waals surface area contributed by atoms with Crippen molar-refractivity contribution < 1.29 is 82.3 Å². The monoisotopic (exact) mass is 962 g/mol. The summed E-state index contributed by atoms with van der Waals surface area (Å²) in [5.41, 5.74) is -1.32. The molecule has 0 aliphatic heterocycles. The summed E-state index contributed by atoms with van der Waals surface area (Å²) in [5.74, 6) is 0. The van der Waals surface area contributed by atoms with Gasteiger partial charge in [-0.2, -0.15) is 26.3 Å². The van der Waals surface area contributed by atoms with Crippen LogP contribution in [0.2, 0.25) is 0 Å². The Balaban J connectivity index is -0.0000000644. The molecule has 0 heterocycles. The topological polar surface area (TPSA) is 87.7 Å². The van der Waals surface area contributed by atoms with Crippen molar-refractivity contribution in [2.75, 3.05) is 52.9 Å². The minimum absolute atomic E-state index is 0. The van der Waals surface area contributed by atoms with Gasteiger partial charge in [0.2, 0.25) is 0 Å². The fourth-order valence-electron chi connectivity index (χ4n) is 3.40. The molecule has 0 saturated carbocycles. The molecule has 53 heavy (non-hydrogen) atoms.